The monoisotopic (exact) mass is 392 g/mol. The number of halogens is 2. The van der Waals surface area contributed by atoms with Crippen LogP contribution in [-0.4, -0.2) is 40.4 Å². The summed E-state index contributed by atoms with van der Waals surface area (Å²) in [4.78, 5) is 17.3. The Morgan fingerprint density at radius 3 is 2.85 bits per heavy atom. The molecular weight excluding hydrogens is 375 g/mol. The average Bonchev–Trinajstić information content (AvgIpc) is 2.99. The van der Waals surface area contributed by atoms with Gasteiger partial charge in [0, 0.05) is 30.8 Å². The lowest BCUT2D eigenvalue weighted by molar-refractivity contribution is 0.0924. The first-order chi connectivity index (χ1) is 12.5. The zero-order chi connectivity index (χ0) is 18.7. The molecule has 3 aromatic rings. The van der Waals surface area contributed by atoms with E-state index in [-0.39, 0.29) is 5.91 Å². The van der Waals surface area contributed by atoms with Crippen molar-refractivity contribution in [1.29, 1.82) is 0 Å². The summed E-state index contributed by atoms with van der Waals surface area (Å²) in [6, 6.07) is 6.89. The number of ether oxygens (including phenoxy) is 1. The van der Waals surface area contributed by atoms with Gasteiger partial charge in [0.15, 0.2) is 5.65 Å². The third-order valence-electron chi connectivity index (χ3n) is 3.89. The summed E-state index contributed by atoms with van der Waals surface area (Å²) in [6.45, 7) is 3.40. The Kier molecular flexibility index (Phi) is 5.76. The Balaban J connectivity index is 2.03. The lowest BCUT2D eigenvalue weighted by Gasteiger charge is -2.10. The van der Waals surface area contributed by atoms with Crippen LogP contribution in [0.2, 0.25) is 10.0 Å². The highest BCUT2D eigenvalue weighted by Gasteiger charge is 2.17. The number of fused-ring (bicyclic) bond motifs is 1. The Hall–Kier alpha value is -2.15. The van der Waals surface area contributed by atoms with Gasteiger partial charge in [0.05, 0.1) is 34.5 Å². The van der Waals surface area contributed by atoms with Gasteiger partial charge in [0.2, 0.25) is 0 Å². The first-order valence-corrected chi connectivity index (χ1v) is 8.91. The van der Waals surface area contributed by atoms with E-state index >= 15 is 0 Å². The molecule has 0 aliphatic heterocycles. The molecule has 8 heteroatoms. The number of hydrogen-bond acceptors (Lipinski definition) is 4. The molecule has 1 amide bonds. The first-order valence-electron chi connectivity index (χ1n) is 8.15. The predicted molar refractivity (Wildman–Crippen MR) is 103 cm³/mol. The van der Waals surface area contributed by atoms with Crippen molar-refractivity contribution in [3.63, 3.8) is 0 Å². The van der Waals surface area contributed by atoms with Gasteiger partial charge in [0.1, 0.15) is 0 Å². The van der Waals surface area contributed by atoms with Gasteiger partial charge in [-0.25, -0.2) is 4.98 Å². The molecule has 0 spiro atoms. The number of carbonyl (C=O) groups excluding carboxylic acids is 1. The summed E-state index contributed by atoms with van der Waals surface area (Å²) in [7, 11) is 1.78. The third-order valence-corrected chi connectivity index (χ3v) is 4.44. The molecule has 0 atom stereocenters. The molecule has 1 aromatic carbocycles. The number of hydrogen-bond donors (Lipinski definition) is 1. The first kappa shape index (κ1) is 18.6. The number of nitrogens with zero attached hydrogens (tertiary/aromatic N) is 3. The number of amides is 1. The molecule has 1 N–H and O–H groups in total. The zero-order valence-corrected chi connectivity index (χ0v) is 15.9. The molecule has 0 fully saturated rings. The number of aryl methyl sites for hydroxylation is 1. The average molecular weight is 393 g/mol. The summed E-state index contributed by atoms with van der Waals surface area (Å²) in [5.41, 5.74) is 2.37. The molecule has 136 valence electrons. The fourth-order valence-corrected chi connectivity index (χ4v) is 3.12. The minimum absolute atomic E-state index is 0.212. The summed E-state index contributed by atoms with van der Waals surface area (Å²) in [5.74, 6) is -0.212. The van der Waals surface area contributed by atoms with Gasteiger partial charge in [-0.3, -0.25) is 9.48 Å². The van der Waals surface area contributed by atoms with E-state index in [1.54, 1.807) is 42.2 Å². The molecule has 0 unspecified atom stereocenters. The van der Waals surface area contributed by atoms with Crippen molar-refractivity contribution in [3.8, 4) is 11.3 Å². The summed E-state index contributed by atoms with van der Waals surface area (Å²) >= 11 is 12.3. The van der Waals surface area contributed by atoms with Gasteiger partial charge in [-0.15, -0.1) is 0 Å². The van der Waals surface area contributed by atoms with Crippen molar-refractivity contribution in [2.24, 2.45) is 7.05 Å². The minimum atomic E-state index is -0.212. The van der Waals surface area contributed by atoms with Crippen LogP contribution in [-0.2, 0) is 11.8 Å². The second-order valence-corrected chi connectivity index (χ2v) is 6.48. The van der Waals surface area contributed by atoms with E-state index in [1.165, 1.54) is 0 Å². The third kappa shape index (κ3) is 3.82. The Labute approximate surface area is 161 Å². The van der Waals surface area contributed by atoms with Crippen molar-refractivity contribution in [2.45, 2.75) is 6.92 Å². The quantitative estimate of drug-likeness (QED) is 0.649. The van der Waals surface area contributed by atoms with Crippen LogP contribution < -0.4 is 5.32 Å². The number of pyridine rings is 1. The van der Waals surface area contributed by atoms with Crippen LogP contribution >= 0.6 is 23.2 Å². The van der Waals surface area contributed by atoms with E-state index in [0.717, 1.165) is 0 Å². The Bertz CT molecular complexity index is 956. The molecular formula is C18H18Cl2N4O2. The molecule has 2 aromatic heterocycles. The van der Waals surface area contributed by atoms with E-state index in [2.05, 4.69) is 15.4 Å². The van der Waals surface area contributed by atoms with Crippen LogP contribution in [0.4, 0.5) is 0 Å². The normalized spacial score (nSPS) is 11.1. The second kappa shape index (κ2) is 8.03. The van der Waals surface area contributed by atoms with Crippen LogP contribution in [0.25, 0.3) is 22.3 Å². The van der Waals surface area contributed by atoms with Crippen molar-refractivity contribution in [3.05, 3.63) is 46.1 Å². The smallest absolute Gasteiger partial charge is 0.252 e. The number of benzene rings is 1. The number of aromatic nitrogens is 3. The van der Waals surface area contributed by atoms with E-state index in [9.17, 15) is 4.79 Å². The fraction of sp³-hybridized carbons (Fsp3) is 0.278. The van der Waals surface area contributed by atoms with Crippen molar-refractivity contribution in [1.82, 2.24) is 20.1 Å². The number of rotatable bonds is 6. The number of nitrogens with one attached hydrogen (secondary N) is 1. The molecule has 3 rings (SSSR count). The van der Waals surface area contributed by atoms with Crippen molar-refractivity contribution in [2.75, 3.05) is 19.8 Å². The molecule has 0 saturated heterocycles. The molecule has 0 radical (unpaired) electrons. The van der Waals surface area contributed by atoms with Crippen LogP contribution in [0.1, 0.15) is 17.3 Å². The van der Waals surface area contributed by atoms with Crippen molar-refractivity contribution < 1.29 is 9.53 Å². The van der Waals surface area contributed by atoms with Gasteiger partial charge in [-0.05, 0) is 31.2 Å². The molecule has 6 nitrogen and oxygen atoms in total. The highest BCUT2D eigenvalue weighted by atomic mass is 35.5. The minimum Gasteiger partial charge on any atom is -0.380 e. The van der Waals surface area contributed by atoms with Crippen LogP contribution in [0.3, 0.4) is 0 Å². The van der Waals surface area contributed by atoms with Crippen LogP contribution in [0.15, 0.2) is 30.5 Å². The van der Waals surface area contributed by atoms with Gasteiger partial charge in [-0.2, -0.15) is 5.10 Å². The molecule has 0 saturated carbocycles. The van der Waals surface area contributed by atoms with E-state index in [0.29, 0.717) is 57.7 Å². The molecule has 26 heavy (non-hydrogen) atoms. The SMILES string of the molecule is CCOCCNC(=O)c1cc(-c2ccc(Cl)cc2Cl)nc2c1cnn2C. The fourth-order valence-electron chi connectivity index (χ4n) is 2.61. The van der Waals surface area contributed by atoms with E-state index < -0.39 is 0 Å². The zero-order valence-electron chi connectivity index (χ0n) is 14.4. The molecule has 0 bridgehead atoms. The van der Waals surface area contributed by atoms with Crippen molar-refractivity contribution >= 4 is 40.1 Å². The summed E-state index contributed by atoms with van der Waals surface area (Å²) < 4.78 is 6.88. The van der Waals surface area contributed by atoms with E-state index in [1.807, 2.05) is 6.92 Å². The summed E-state index contributed by atoms with van der Waals surface area (Å²) in [5, 5.41) is 8.75. The molecule has 2 heterocycles. The standard InChI is InChI=1S/C18H18Cl2N4O2/c1-3-26-7-6-21-18(25)13-9-16(12-5-4-11(19)8-15(12)20)23-17-14(13)10-22-24(17)2/h4-5,8-10H,3,6-7H2,1-2H3,(H,21,25). The second-order valence-electron chi connectivity index (χ2n) is 5.64. The maximum atomic E-state index is 12.7. The van der Waals surface area contributed by atoms with Gasteiger partial charge >= 0.3 is 0 Å². The van der Waals surface area contributed by atoms with Gasteiger partial charge < -0.3 is 10.1 Å². The van der Waals surface area contributed by atoms with Crippen LogP contribution in [0.5, 0.6) is 0 Å². The highest BCUT2D eigenvalue weighted by molar-refractivity contribution is 6.36. The lowest BCUT2D eigenvalue weighted by Crippen LogP contribution is -2.27. The van der Waals surface area contributed by atoms with Gasteiger partial charge in [0.25, 0.3) is 5.91 Å². The molecule has 0 aliphatic carbocycles. The molecule has 0 aliphatic rings. The largest absolute Gasteiger partial charge is 0.380 e. The maximum absolute atomic E-state index is 12.7. The maximum Gasteiger partial charge on any atom is 0.252 e. The Morgan fingerprint density at radius 2 is 2.12 bits per heavy atom. The topological polar surface area (TPSA) is 69.0 Å². The Morgan fingerprint density at radius 1 is 1.31 bits per heavy atom. The lowest BCUT2D eigenvalue weighted by atomic mass is 10.1. The summed E-state index contributed by atoms with van der Waals surface area (Å²) in [6.07, 6.45) is 1.63. The highest BCUT2D eigenvalue weighted by Crippen LogP contribution is 2.31. The van der Waals surface area contributed by atoms with Gasteiger partial charge in [-0.1, -0.05) is 23.2 Å². The number of carbonyl (C=O) groups is 1. The van der Waals surface area contributed by atoms with Crippen LogP contribution in [0, 0.1) is 0 Å². The van der Waals surface area contributed by atoms with E-state index in [4.69, 9.17) is 27.9 Å². The predicted octanol–water partition coefficient (Wildman–Crippen LogP) is 3.71.